The zero-order chi connectivity index (χ0) is 9.30. The van der Waals surface area contributed by atoms with Crippen molar-refractivity contribution >= 4 is 5.97 Å². The Morgan fingerprint density at radius 3 is 2.58 bits per heavy atom. The fourth-order valence-electron chi connectivity index (χ4n) is 1.37. The highest BCUT2D eigenvalue weighted by atomic mass is 16.4. The van der Waals surface area contributed by atoms with Crippen molar-refractivity contribution < 1.29 is 9.90 Å². The number of hydrogen-bond acceptors (Lipinski definition) is 2. The third-order valence-electron chi connectivity index (χ3n) is 2.82. The molecule has 12 heavy (non-hydrogen) atoms. The largest absolute Gasteiger partial charge is 0.480 e. The fourth-order valence-corrected chi connectivity index (χ4v) is 1.37. The predicted molar refractivity (Wildman–Crippen MR) is 47.0 cm³/mol. The first-order valence-electron chi connectivity index (χ1n) is 4.45. The Hall–Kier alpha value is -0.570. The van der Waals surface area contributed by atoms with Crippen molar-refractivity contribution in [3.8, 4) is 0 Å². The van der Waals surface area contributed by atoms with Crippen LogP contribution >= 0.6 is 0 Å². The van der Waals surface area contributed by atoms with Gasteiger partial charge in [0.15, 0.2) is 0 Å². The number of hydrogen-bond donors (Lipinski definition) is 1. The normalized spacial score (nSPS) is 30.3. The SMILES string of the molecule is CC1CC1CN(C)C(C)C(=O)O. The maximum atomic E-state index is 10.6. The van der Waals surface area contributed by atoms with Crippen LogP contribution in [0.15, 0.2) is 0 Å². The molecule has 0 amide bonds. The molecule has 0 aromatic carbocycles. The highest BCUT2D eigenvalue weighted by molar-refractivity contribution is 5.72. The van der Waals surface area contributed by atoms with Crippen LogP contribution in [0.3, 0.4) is 0 Å². The minimum atomic E-state index is -0.731. The molecule has 0 aromatic rings. The van der Waals surface area contributed by atoms with Crippen LogP contribution in [0.5, 0.6) is 0 Å². The average Bonchev–Trinajstić information content (AvgIpc) is 2.64. The molecular formula is C9H17NO2. The third kappa shape index (κ3) is 2.21. The molecule has 3 unspecified atom stereocenters. The molecule has 1 saturated carbocycles. The summed E-state index contributed by atoms with van der Waals surface area (Å²) >= 11 is 0. The summed E-state index contributed by atoms with van der Waals surface area (Å²) < 4.78 is 0. The van der Waals surface area contributed by atoms with Gasteiger partial charge in [-0.05, 0) is 32.2 Å². The molecule has 0 saturated heterocycles. The molecule has 0 spiro atoms. The van der Waals surface area contributed by atoms with Gasteiger partial charge in [-0.25, -0.2) is 0 Å². The molecule has 0 heterocycles. The zero-order valence-corrected chi connectivity index (χ0v) is 7.95. The maximum absolute atomic E-state index is 10.6. The first kappa shape index (κ1) is 9.52. The van der Waals surface area contributed by atoms with E-state index in [1.807, 2.05) is 11.9 Å². The summed E-state index contributed by atoms with van der Waals surface area (Å²) in [7, 11) is 1.88. The third-order valence-corrected chi connectivity index (χ3v) is 2.82. The van der Waals surface area contributed by atoms with Crippen LogP contribution in [0.1, 0.15) is 20.3 Å². The first-order valence-corrected chi connectivity index (χ1v) is 4.45. The molecule has 3 nitrogen and oxygen atoms in total. The Morgan fingerprint density at radius 2 is 2.25 bits per heavy atom. The van der Waals surface area contributed by atoms with Crippen LogP contribution in [-0.2, 0) is 4.79 Å². The number of carboxylic acids is 1. The van der Waals surface area contributed by atoms with Gasteiger partial charge < -0.3 is 5.11 Å². The lowest BCUT2D eigenvalue weighted by Crippen LogP contribution is -2.37. The summed E-state index contributed by atoms with van der Waals surface area (Å²) in [4.78, 5) is 12.5. The second kappa shape index (κ2) is 3.44. The summed E-state index contributed by atoms with van der Waals surface area (Å²) in [6.07, 6.45) is 1.26. The predicted octanol–water partition coefficient (Wildman–Crippen LogP) is 1.05. The molecule has 3 atom stereocenters. The van der Waals surface area contributed by atoms with E-state index in [1.165, 1.54) is 6.42 Å². The van der Waals surface area contributed by atoms with Crippen molar-refractivity contribution in [1.29, 1.82) is 0 Å². The van der Waals surface area contributed by atoms with Gasteiger partial charge in [-0.15, -0.1) is 0 Å². The van der Waals surface area contributed by atoms with E-state index in [1.54, 1.807) is 6.92 Å². The first-order chi connectivity index (χ1) is 5.52. The second-order valence-electron chi connectivity index (χ2n) is 3.93. The average molecular weight is 171 g/mol. The van der Waals surface area contributed by atoms with Crippen LogP contribution in [0, 0.1) is 11.8 Å². The fraction of sp³-hybridized carbons (Fsp3) is 0.889. The summed E-state index contributed by atoms with van der Waals surface area (Å²) in [5.74, 6) is 0.802. The van der Waals surface area contributed by atoms with Crippen molar-refractivity contribution in [2.45, 2.75) is 26.3 Å². The topological polar surface area (TPSA) is 40.5 Å². The monoisotopic (exact) mass is 171 g/mol. The molecule has 0 bridgehead atoms. The quantitative estimate of drug-likeness (QED) is 0.687. The van der Waals surface area contributed by atoms with E-state index in [2.05, 4.69) is 6.92 Å². The Kier molecular flexibility index (Phi) is 2.73. The van der Waals surface area contributed by atoms with Crippen molar-refractivity contribution in [2.24, 2.45) is 11.8 Å². The smallest absolute Gasteiger partial charge is 0.320 e. The van der Waals surface area contributed by atoms with E-state index < -0.39 is 5.97 Å². The second-order valence-corrected chi connectivity index (χ2v) is 3.93. The molecule has 0 aliphatic heterocycles. The van der Waals surface area contributed by atoms with E-state index >= 15 is 0 Å². The lowest BCUT2D eigenvalue weighted by molar-refractivity contribution is -0.142. The number of aliphatic carboxylic acids is 1. The Balaban J connectivity index is 2.27. The van der Waals surface area contributed by atoms with Gasteiger partial charge in [-0.3, -0.25) is 9.69 Å². The van der Waals surface area contributed by atoms with Crippen LogP contribution in [0.2, 0.25) is 0 Å². The molecular weight excluding hydrogens is 154 g/mol. The number of rotatable bonds is 4. The summed E-state index contributed by atoms with van der Waals surface area (Å²) in [6.45, 7) is 4.87. The highest BCUT2D eigenvalue weighted by Gasteiger charge is 2.34. The Labute approximate surface area is 73.4 Å². The molecule has 0 aromatic heterocycles. The van der Waals surface area contributed by atoms with Crippen LogP contribution < -0.4 is 0 Å². The molecule has 0 radical (unpaired) electrons. The minimum Gasteiger partial charge on any atom is -0.480 e. The molecule has 1 fully saturated rings. The van der Waals surface area contributed by atoms with Gasteiger partial charge >= 0.3 is 5.97 Å². The standard InChI is InChI=1S/C9H17NO2/c1-6-4-8(6)5-10(3)7(2)9(11)12/h6-8H,4-5H2,1-3H3,(H,11,12). The molecule has 70 valence electrons. The lowest BCUT2D eigenvalue weighted by atomic mass is 10.2. The van der Waals surface area contributed by atoms with E-state index in [0.717, 1.165) is 18.4 Å². The van der Waals surface area contributed by atoms with Gasteiger partial charge in [0, 0.05) is 6.54 Å². The lowest BCUT2D eigenvalue weighted by Gasteiger charge is -2.20. The molecule has 1 rings (SSSR count). The van der Waals surface area contributed by atoms with E-state index in [-0.39, 0.29) is 6.04 Å². The van der Waals surface area contributed by atoms with E-state index in [9.17, 15) is 4.79 Å². The van der Waals surface area contributed by atoms with Gasteiger partial charge in [0.05, 0.1) is 0 Å². The van der Waals surface area contributed by atoms with Crippen LogP contribution in [0.4, 0.5) is 0 Å². The molecule has 1 aliphatic carbocycles. The Morgan fingerprint density at radius 1 is 1.75 bits per heavy atom. The molecule has 1 aliphatic rings. The Bertz CT molecular complexity index is 181. The van der Waals surface area contributed by atoms with E-state index in [0.29, 0.717) is 0 Å². The number of likely N-dealkylation sites (N-methyl/N-ethyl adjacent to an activating group) is 1. The van der Waals surface area contributed by atoms with Crippen molar-refractivity contribution in [2.75, 3.05) is 13.6 Å². The van der Waals surface area contributed by atoms with Crippen molar-refractivity contribution in [3.05, 3.63) is 0 Å². The van der Waals surface area contributed by atoms with Crippen molar-refractivity contribution in [1.82, 2.24) is 4.90 Å². The summed E-state index contributed by atoms with van der Waals surface area (Å²) in [6, 6.07) is -0.349. The van der Waals surface area contributed by atoms with Crippen LogP contribution in [0.25, 0.3) is 0 Å². The van der Waals surface area contributed by atoms with Gasteiger partial charge in [-0.2, -0.15) is 0 Å². The van der Waals surface area contributed by atoms with Gasteiger partial charge in [0.2, 0.25) is 0 Å². The maximum Gasteiger partial charge on any atom is 0.320 e. The van der Waals surface area contributed by atoms with Crippen molar-refractivity contribution in [3.63, 3.8) is 0 Å². The molecule has 1 N–H and O–H groups in total. The van der Waals surface area contributed by atoms with Crippen LogP contribution in [-0.4, -0.2) is 35.6 Å². The van der Waals surface area contributed by atoms with Gasteiger partial charge in [-0.1, -0.05) is 6.92 Å². The van der Waals surface area contributed by atoms with Gasteiger partial charge in [0.1, 0.15) is 6.04 Å². The number of nitrogens with zero attached hydrogens (tertiary/aromatic N) is 1. The minimum absolute atomic E-state index is 0.349. The zero-order valence-electron chi connectivity index (χ0n) is 7.95. The summed E-state index contributed by atoms with van der Waals surface area (Å²) in [5.41, 5.74) is 0. The number of carbonyl (C=O) groups is 1. The highest BCUT2D eigenvalue weighted by Crippen LogP contribution is 2.38. The molecule has 3 heteroatoms. The number of carboxylic acid groups (broad SMARTS) is 1. The summed E-state index contributed by atoms with van der Waals surface area (Å²) in [5, 5.41) is 8.71. The van der Waals surface area contributed by atoms with Gasteiger partial charge in [0.25, 0.3) is 0 Å². The van der Waals surface area contributed by atoms with E-state index in [4.69, 9.17) is 5.11 Å².